The molecule has 1 heterocycles. The molecular formula is C14H17BrN2O2S2. The van der Waals surface area contributed by atoms with E-state index in [1.54, 1.807) is 24.3 Å². The predicted octanol–water partition coefficient (Wildman–Crippen LogP) is 3.69. The maximum atomic E-state index is 12.7. The molecular weight excluding hydrogens is 372 g/mol. The standard InChI is InChI=1S/C14H17BrN2O2S2/c1-2-9-17(10-11-3-5-12(16)6-4-11)21(18,19)14-8-7-13(15)20-14/h3-8H,2,9-10,16H2,1H3. The Balaban J connectivity index is 2.27. The third-order valence-electron chi connectivity index (χ3n) is 2.95. The monoisotopic (exact) mass is 388 g/mol. The van der Waals surface area contributed by atoms with E-state index >= 15 is 0 Å². The summed E-state index contributed by atoms with van der Waals surface area (Å²) in [5.41, 5.74) is 7.26. The minimum Gasteiger partial charge on any atom is -0.399 e. The van der Waals surface area contributed by atoms with Gasteiger partial charge in [-0.05, 0) is 52.2 Å². The maximum absolute atomic E-state index is 12.7. The summed E-state index contributed by atoms with van der Waals surface area (Å²) in [5, 5.41) is 0. The molecule has 0 saturated carbocycles. The maximum Gasteiger partial charge on any atom is 0.252 e. The van der Waals surface area contributed by atoms with Crippen LogP contribution in [0.25, 0.3) is 0 Å². The van der Waals surface area contributed by atoms with Gasteiger partial charge in [-0.2, -0.15) is 4.31 Å². The number of nitrogens with two attached hydrogens (primary N) is 1. The molecule has 1 aromatic carbocycles. The Labute approximate surface area is 137 Å². The fraction of sp³-hybridized carbons (Fsp3) is 0.286. The Morgan fingerprint density at radius 3 is 2.38 bits per heavy atom. The van der Waals surface area contributed by atoms with Gasteiger partial charge in [0.2, 0.25) is 0 Å². The molecule has 0 aliphatic heterocycles. The third-order valence-corrected chi connectivity index (χ3v) is 6.89. The van der Waals surface area contributed by atoms with E-state index in [1.165, 1.54) is 15.6 Å². The molecule has 0 fully saturated rings. The normalized spacial score (nSPS) is 12.0. The number of rotatable bonds is 6. The SMILES string of the molecule is CCCN(Cc1ccc(N)cc1)S(=O)(=O)c1ccc(Br)s1. The fourth-order valence-electron chi connectivity index (χ4n) is 1.92. The summed E-state index contributed by atoms with van der Waals surface area (Å²) in [4.78, 5) is 0. The van der Waals surface area contributed by atoms with E-state index in [0.29, 0.717) is 23.0 Å². The van der Waals surface area contributed by atoms with Crippen LogP contribution in [0, 0.1) is 0 Å². The van der Waals surface area contributed by atoms with Gasteiger partial charge < -0.3 is 5.73 Å². The number of sulfonamides is 1. The van der Waals surface area contributed by atoms with Crippen LogP contribution in [-0.4, -0.2) is 19.3 Å². The molecule has 0 unspecified atom stereocenters. The van der Waals surface area contributed by atoms with Gasteiger partial charge in [-0.15, -0.1) is 11.3 Å². The van der Waals surface area contributed by atoms with E-state index in [2.05, 4.69) is 15.9 Å². The van der Waals surface area contributed by atoms with Crippen LogP contribution in [0.5, 0.6) is 0 Å². The molecule has 0 atom stereocenters. The average Bonchev–Trinajstić information content (AvgIpc) is 2.88. The van der Waals surface area contributed by atoms with Gasteiger partial charge in [0, 0.05) is 18.8 Å². The van der Waals surface area contributed by atoms with E-state index in [4.69, 9.17) is 5.73 Å². The molecule has 0 saturated heterocycles. The van der Waals surface area contributed by atoms with Crippen molar-refractivity contribution < 1.29 is 8.42 Å². The van der Waals surface area contributed by atoms with Gasteiger partial charge in [-0.25, -0.2) is 8.42 Å². The molecule has 21 heavy (non-hydrogen) atoms. The number of thiophene rings is 1. The van der Waals surface area contributed by atoms with Crippen molar-refractivity contribution in [3.05, 3.63) is 45.7 Å². The predicted molar refractivity (Wildman–Crippen MR) is 90.8 cm³/mol. The van der Waals surface area contributed by atoms with Crippen molar-refractivity contribution in [1.29, 1.82) is 0 Å². The molecule has 114 valence electrons. The summed E-state index contributed by atoms with van der Waals surface area (Å²) < 4.78 is 28.1. The number of nitrogens with zero attached hydrogens (tertiary/aromatic N) is 1. The third kappa shape index (κ3) is 4.06. The van der Waals surface area contributed by atoms with E-state index < -0.39 is 10.0 Å². The highest BCUT2D eigenvalue weighted by Crippen LogP contribution is 2.29. The van der Waals surface area contributed by atoms with E-state index in [9.17, 15) is 8.42 Å². The van der Waals surface area contributed by atoms with Crippen molar-refractivity contribution >= 4 is 43.0 Å². The van der Waals surface area contributed by atoms with Gasteiger partial charge in [0.15, 0.2) is 0 Å². The van der Waals surface area contributed by atoms with Crippen LogP contribution in [0.3, 0.4) is 0 Å². The summed E-state index contributed by atoms with van der Waals surface area (Å²) in [7, 11) is -3.46. The first-order valence-corrected chi connectivity index (χ1v) is 9.58. The zero-order valence-electron chi connectivity index (χ0n) is 11.6. The Bertz CT molecular complexity index is 696. The molecule has 0 bridgehead atoms. The van der Waals surface area contributed by atoms with Gasteiger partial charge in [0.25, 0.3) is 10.0 Å². The Morgan fingerprint density at radius 2 is 1.86 bits per heavy atom. The average molecular weight is 389 g/mol. The summed E-state index contributed by atoms with van der Waals surface area (Å²) >= 11 is 4.54. The summed E-state index contributed by atoms with van der Waals surface area (Å²) in [6, 6.07) is 10.7. The lowest BCUT2D eigenvalue weighted by atomic mass is 10.2. The van der Waals surface area contributed by atoms with Crippen LogP contribution in [0.15, 0.2) is 44.4 Å². The highest BCUT2D eigenvalue weighted by Gasteiger charge is 2.25. The van der Waals surface area contributed by atoms with Crippen LogP contribution in [0.4, 0.5) is 5.69 Å². The fourth-order valence-corrected chi connectivity index (χ4v) is 5.61. The molecule has 1 aromatic heterocycles. The first-order valence-electron chi connectivity index (χ1n) is 6.53. The molecule has 0 aliphatic carbocycles. The molecule has 2 N–H and O–H groups in total. The lowest BCUT2D eigenvalue weighted by Crippen LogP contribution is -2.30. The number of halogens is 1. The second-order valence-corrected chi connectivity index (χ2v) is 9.27. The van der Waals surface area contributed by atoms with Crippen molar-refractivity contribution in [2.45, 2.75) is 24.1 Å². The topological polar surface area (TPSA) is 63.4 Å². The first-order chi connectivity index (χ1) is 9.93. The van der Waals surface area contributed by atoms with Crippen LogP contribution in [-0.2, 0) is 16.6 Å². The quantitative estimate of drug-likeness (QED) is 0.767. The van der Waals surface area contributed by atoms with Crippen LogP contribution in [0.1, 0.15) is 18.9 Å². The second-order valence-electron chi connectivity index (χ2n) is 4.64. The summed E-state index contributed by atoms with van der Waals surface area (Å²) in [6.07, 6.45) is 0.765. The Kier molecular flexibility index (Phi) is 5.43. The Morgan fingerprint density at radius 1 is 1.19 bits per heavy atom. The van der Waals surface area contributed by atoms with Crippen molar-refractivity contribution in [2.24, 2.45) is 0 Å². The zero-order chi connectivity index (χ0) is 15.5. The lowest BCUT2D eigenvalue weighted by molar-refractivity contribution is 0.407. The number of hydrogen-bond acceptors (Lipinski definition) is 4. The van der Waals surface area contributed by atoms with Gasteiger partial charge in [0.1, 0.15) is 4.21 Å². The van der Waals surface area contributed by atoms with E-state index in [-0.39, 0.29) is 0 Å². The largest absolute Gasteiger partial charge is 0.399 e. The molecule has 0 aliphatic rings. The van der Waals surface area contributed by atoms with Crippen molar-refractivity contribution in [3.63, 3.8) is 0 Å². The van der Waals surface area contributed by atoms with Crippen molar-refractivity contribution in [1.82, 2.24) is 4.31 Å². The number of nitrogen functional groups attached to an aromatic ring is 1. The molecule has 7 heteroatoms. The molecule has 0 spiro atoms. The summed E-state index contributed by atoms with van der Waals surface area (Å²) in [6.45, 7) is 2.81. The van der Waals surface area contributed by atoms with Gasteiger partial charge in [-0.3, -0.25) is 0 Å². The molecule has 2 aromatic rings. The van der Waals surface area contributed by atoms with Crippen molar-refractivity contribution in [3.8, 4) is 0 Å². The van der Waals surface area contributed by atoms with Gasteiger partial charge in [-0.1, -0.05) is 19.1 Å². The minimum absolute atomic E-state index is 0.353. The number of anilines is 1. The van der Waals surface area contributed by atoms with E-state index in [1.807, 2.05) is 19.1 Å². The highest BCUT2D eigenvalue weighted by atomic mass is 79.9. The first kappa shape index (κ1) is 16.5. The highest BCUT2D eigenvalue weighted by molar-refractivity contribution is 9.11. The van der Waals surface area contributed by atoms with E-state index in [0.717, 1.165) is 15.8 Å². The second kappa shape index (κ2) is 6.91. The molecule has 2 rings (SSSR count). The van der Waals surface area contributed by atoms with Crippen molar-refractivity contribution in [2.75, 3.05) is 12.3 Å². The summed E-state index contributed by atoms with van der Waals surface area (Å²) in [5.74, 6) is 0. The minimum atomic E-state index is -3.46. The van der Waals surface area contributed by atoms with Crippen LogP contribution >= 0.6 is 27.3 Å². The molecule has 0 amide bonds. The van der Waals surface area contributed by atoms with Gasteiger partial charge >= 0.3 is 0 Å². The number of hydrogen-bond donors (Lipinski definition) is 1. The lowest BCUT2D eigenvalue weighted by Gasteiger charge is -2.21. The number of benzene rings is 1. The zero-order valence-corrected chi connectivity index (χ0v) is 14.8. The van der Waals surface area contributed by atoms with Gasteiger partial charge in [0.05, 0.1) is 3.79 Å². The van der Waals surface area contributed by atoms with Crippen LogP contribution < -0.4 is 5.73 Å². The van der Waals surface area contributed by atoms with Crippen LogP contribution in [0.2, 0.25) is 0 Å². The molecule has 4 nitrogen and oxygen atoms in total. The smallest absolute Gasteiger partial charge is 0.252 e. The molecule has 0 radical (unpaired) electrons. The Hall–Kier alpha value is -0.890.